The molecule has 2 aliphatic heterocycles. The Kier molecular flexibility index (Phi) is 4.01. The number of sulfone groups is 1. The molecule has 0 bridgehead atoms. The first-order chi connectivity index (χ1) is 10.0. The van der Waals surface area contributed by atoms with Gasteiger partial charge in [-0.25, -0.2) is 13.4 Å². The third-order valence-electron chi connectivity index (χ3n) is 4.29. The van der Waals surface area contributed by atoms with Gasteiger partial charge in [-0.3, -0.25) is 0 Å². The second kappa shape index (κ2) is 5.79. The van der Waals surface area contributed by atoms with E-state index in [4.69, 9.17) is 0 Å². The second-order valence-electron chi connectivity index (χ2n) is 6.16. The van der Waals surface area contributed by atoms with Gasteiger partial charge in [-0.2, -0.15) is 4.98 Å². The molecule has 0 aliphatic carbocycles. The summed E-state index contributed by atoms with van der Waals surface area (Å²) in [4.78, 5) is 11.1. The Balaban J connectivity index is 1.66. The third kappa shape index (κ3) is 3.64. The summed E-state index contributed by atoms with van der Waals surface area (Å²) in [5, 5.41) is 3.23. The molecule has 0 radical (unpaired) electrons. The van der Waals surface area contributed by atoms with Gasteiger partial charge in [-0.1, -0.05) is 6.92 Å². The van der Waals surface area contributed by atoms with Crippen LogP contribution in [0.15, 0.2) is 12.3 Å². The summed E-state index contributed by atoms with van der Waals surface area (Å²) in [5.74, 6) is 2.71. The average molecular weight is 310 g/mol. The number of nitrogens with one attached hydrogen (secondary N) is 1. The quantitative estimate of drug-likeness (QED) is 0.907. The van der Waals surface area contributed by atoms with Crippen LogP contribution in [0.2, 0.25) is 0 Å². The molecule has 0 spiro atoms. The zero-order chi connectivity index (χ0) is 14.9. The maximum Gasteiger partial charge on any atom is 0.227 e. The fourth-order valence-electron chi connectivity index (χ4n) is 2.91. The topological polar surface area (TPSA) is 75.2 Å². The van der Waals surface area contributed by atoms with E-state index in [0.29, 0.717) is 6.42 Å². The van der Waals surface area contributed by atoms with Crippen LogP contribution >= 0.6 is 0 Å². The molecule has 7 heteroatoms. The smallest absolute Gasteiger partial charge is 0.227 e. The summed E-state index contributed by atoms with van der Waals surface area (Å²) >= 11 is 0. The zero-order valence-corrected chi connectivity index (χ0v) is 13.1. The van der Waals surface area contributed by atoms with E-state index in [1.165, 1.54) is 12.8 Å². The van der Waals surface area contributed by atoms with E-state index < -0.39 is 9.84 Å². The maximum absolute atomic E-state index is 11.5. The van der Waals surface area contributed by atoms with Gasteiger partial charge in [-0.15, -0.1) is 0 Å². The lowest BCUT2D eigenvalue weighted by Gasteiger charge is -2.30. The van der Waals surface area contributed by atoms with Gasteiger partial charge in [0.25, 0.3) is 0 Å². The van der Waals surface area contributed by atoms with Crippen molar-refractivity contribution in [3.8, 4) is 0 Å². The summed E-state index contributed by atoms with van der Waals surface area (Å²) in [5.41, 5.74) is 0. The maximum atomic E-state index is 11.5. The van der Waals surface area contributed by atoms with Crippen LogP contribution in [-0.4, -0.2) is 49.0 Å². The molecule has 116 valence electrons. The minimum Gasteiger partial charge on any atom is -0.366 e. The van der Waals surface area contributed by atoms with Crippen molar-refractivity contribution in [1.29, 1.82) is 0 Å². The van der Waals surface area contributed by atoms with Crippen molar-refractivity contribution in [2.24, 2.45) is 5.92 Å². The molecule has 0 saturated carbocycles. The van der Waals surface area contributed by atoms with Gasteiger partial charge >= 0.3 is 0 Å². The standard InChI is InChI=1S/C14H22N4O2S/c1-11-3-7-18(8-4-11)14-15-6-2-13(17-14)16-12-5-9-21(19,20)10-12/h2,6,11-12H,3-5,7-10H2,1H3,(H,15,16,17). The van der Waals surface area contributed by atoms with E-state index in [2.05, 4.69) is 27.1 Å². The first-order valence-corrected chi connectivity index (χ1v) is 9.39. The van der Waals surface area contributed by atoms with Gasteiger partial charge < -0.3 is 10.2 Å². The number of nitrogens with zero attached hydrogens (tertiary/aromatic N) is 3. The molecule has 2 aliphatic rings. The van der Waals surface area contributed by atoms with Crippen molar-refractivity contribution in [1.82, 2.24) is 9.97 Å². The molecule has 21 heavy (non-hydrogen) atoms. The van der Waals surface area contributed by atoms with Crippen LogP contribution in [0.4, 0.5) is 11.8 Å². The third-order valence-corrected chi connectivity index (χ3v) is 6.06. The van der Waals surface area contributed by atoms with Crippen molar-refractivity contribution in [3.63, 3.8) is 0 Å². The molecular formula is C14H22N4O2S. The highest BCUT2D eigenvalue weighted by molar-refractivity contribution is 7.91. The lowest BCUT2D eigenvalue weighted by atomic mass is 10.00. The molecule has 2 fully saturated rings. The molecule has 1 aromatic heterocycles. The molecule has 3 heterocycles. The summed E-state index contributed by atoms with van der Waals surface area (Å²) in [6, 6.07) is 1.78. The van der Waals surface area contributed by atoms with Crippen molar-refractivity contribution < 1.29 is 8.42 Å². The monoisotopic (exact) mass is 310 g/mol. The molecular weight excluding hydrogens is 288 g/mol. The first kappa shape index (κ1) is 14.6. The number of hydrogen-bond donors (Lipinski definition) is 1. The number of piperidine rings is 1. The molecule has 1 aromatic rings. The molecule has 1 N–H and O–H groups in total. The van der Waals surface area contributed by atoms with Crippen LogP contribution in [0.1, 0.15) is 26.2 Å². The largest absolute Gasteiger partial charge is 0.366 e. The van der Waals surface area contributed by atoms with Gasteiger partial charge in [0.05, 0.1) is 11.5 Å². The summed E-state index contributed by atoms with van der Waals surface area (Å²) < 4.78 is 23.0. The van der Waals surface area contributed by atoms with Crippen LogP contribution in [-0.2, 0) is 9.84 Å². The highest BCUT2D eigenvalue weighted by Crippen LogP contribution is 2.22. The fourth-order valence-corrected chi connectivity index (χ4v) is 4.58. The predicted molar refractivity (Wildman–Crippen MR) is 83.3 cm³/mol. The summed E-state index contributed by atoms with van der Waals surface area (Å²) in [7, 11) is -2.87. The molecule has 1 unspecified atom stereocenters. The Hall–Kier alpha value is -1.37. The number of hydrogen-bond acceptors (Lipinski definition) is 6. The molecule has 3 rings (SSSR count). The number of aromatic nitrogens is 2. The fraction of sp³-hybridized carbons (Fsp3) is 0.714. The van der Waals surface area contributed by atoms with Crippen molar-refractivity contribution in [3.05, 3.63) is 12.3 Å². The highest BCUT2D eigenvalue weighted by atomic mass is 32.2. The van der Waals surface area contributed by atoms with Crippen LogP contribution < -0.4 is 10.2 Å². The van der Waals surface area contributed by atoms with E-state index in [1.54, 1.807) is 12.3 Å². The molecule has 0 aromatic carbocycles. The van der Waals surface area contributed by atoms with E-state index in [9.17, 15) is 8.42 Å². The first-order valence-electron chi connectivity index (χ1n) is 7.57. The summed E-state index contributed by atoms with van der Waals surface area (Å²) in [6.07, 6.45) is 4.73. The van der Waals surface area contributed by atoms with E-state index in [0.717, 1.165) is 30.8 Å². The van der Waals surface area contributed by atoms with Crippen molar-refractivity contribution in [2.75, 3.05) is 34.8 Å². The molecule has 0 amide bonds. The van der Waals surface area contributed by atoms with Crippen LogP contribution in [0.5, 0.6) is 0 Å². The molecule has 2 saturated heterocycles. The molecule has 1 atom stereocenters. The Morgan fingerprint density at radius 3 is 2.71 bits per heavy atom. The minimum absolute atomic E-state index is 0.0286. The molecule has 6 nitrogen and oxygen atoms in total. The van der Waals surface area contributed by atoms with Crippen LogP contribution in [0.25, 0.3) is 0 Å². The van der Waals surface area contributed by atoms with Gasteiger partial charge in [0.2, 0.25) is 5.95 Å². The van der Waals surface area contributed by atoms with E-state index in [-0.39, 0.29) is 17.5 Å². The van der Waals surface area contributed by atoms with Crippen LogP contribution in [0, 0.1) is 5.92 Å². The lowest BCUT2D eigenvalue weighted by Crippen LogP contribution is -2.34. The lowest BCUT2D eigenvalue weighted by molar-refractivity contribution is 0.434. The Morgan fingerprint density at radius 2 is 2.05 bits per heavy atom. The normalized spacial score (nSPS) is 26.0. The van der Waals surface area contributed by atoms with Gasteiger partial charge in [-0.05, 0) is 31.2 Å². The van der Waals surface area contributed by atoms with Gasteiger partial charge in [0.15, 0.2) is 9.84 Å². The zero-order valence-electron chi connectivity index (χ0n) is 12.3. The van der Waals surface area contributed by atoms with E-state index >= 15 is 0 Å². The Labute approximate surface area is 125 Å². The number of rotatable bonds is 3. The SMILES string of the molecule is CC1CCN(c2nccc(NC3CCS(=O)(=O)C3)n2)CC1. The predicted octanol–water partition coefficient (Wildman–Crippen LogP) is 1.31. The number of anilines is 2. The second-order valence-corrected chi connectivity index (χ2v) is 8.38. The van der Waals surface area contributed by atoms with Gasteiger partial charge in [0.1, 0.15) is 5.82 Å². The van der Waals surface area contributed by atoms with E-state index in [1.807, 2.05) is 0 Å². The van der Waals surface area contributed by atoms with Crippen LogP contribution in [0.3, 0.4) is 0 Å². The summed E-state index contributed by atoms with van der Waals surface area (Å²) in [6.45, 7) is 4.25. The Morgan fingerprint density at radius 1 is 1.29 bits per heavy atom. The minimum atomic E-state index is -2.87. The highest BCUT2D eigenvalue weighted by Gasteiger charge is 2.28. The van der Waals surface area contributed by atoms with Crippen molar-refractivity contribution >= 4 is 21.6 Å². The van der Waals surface area contributed by atoms with Gasteiger partial charge in [0, 0.05) is 25.3 Å². The van der Waals surface area contributed by atoms with Crippen molar-refractivity contribution in [2.45, 2.75) is 32.2 Å². The average Bonchev–Trinajstić information content (AvgIpc) is 2.79. The Bertz CT molecular complexity index is 597.